The summed E-state index contributed by atoms with van der Waals surface area (Å²) < 4.78 is 0. The molecular weight excluding hydrogens is 246 g/mol. The van der Waals surface area contributed by atoms with E-state index in [4.69, 9.17) is 0 Å². The fourth-order valence-electron chi connectivity index (χ4n) is 3.85. The zero-order valence-corrected chi connectivity index (χ0v) is 11.3. The van der Waals surface area contributed by atoms with Crippen LogP contribution in [0.2, 0.25) is 0 Å². The summed E-state index contributed by atoms with van der Waals surface area (Å²) in [5, 5.41) is 0. The van der Waals surface area contributed by atoms with Gasteiger partial charge in [0.15, 0.2) is 0 Å². The van der Waals surface area contributed by atoms with Crippen LogP contribution in [0.3, 0.4) is 0 Å². The highest BCUT2D eigenvalue weighted by Crippen LogP contribution is 2.49. The molecule has 2 aliphatic rings. The second-order valence-electron chi connectivity index (χ2n) is 5.79. The van der Waals surface area contributed by atoms with Gasteiger partial charge in [-0.3, -0.25) is 4.79 Å². The van der Waals surface area contributed by atoms with E-state index >= 15 is 0 Å². The zero-order chi connectivity index (χ0) is 13.5. The van der Waals surface area contributed by atoms with Gasteiger partial charge in [0.2, 0.25) is 5.91 Å². The molecule has 2 nitrogen and oxygen atoms in total. The molecule has 4 rings (SSSR count). The minimum absolute atomic E-state index is 0.169. The third-order valence-electron chi connectivity index (χ3n) is 4.72. The van der Waals surface area contributed by atoms with E-state index in [1.807, 2.05) is 41.3 Å². The van der Waals surface area contributed by atoms with Crippen LogP contribution in [0.1, 0.15) is 24.3 Å². The Balaban J connectivity index is 1.63. The summed E-state index contributed by atoms with van der Waals surface area (Å²) in [7, 11) is 0. The number of nitrogens with zero attached hydrogens (tertiary/aromatic N) is 1. The molecule has 2 bridgehead atoms. The van der Waals surface area contributed by atoms with Crippen LogP contribution in [0.4, 0.5) is 5.69 Å². The number of carbonyl (C=O) groups is 1. The number of piperidine rings is 1. The van der Waals surface area contributed by atoms with Gasteiger partial charge < -0.3 is 4.90 Å². The zero-order valence-electron chi connectivity index (χ0n) is 11.3. The molecule has 0 spiro atoms. The SMILES string of the molecule is O=C1[C@@H]2C[C@@H](C[C@H]2c2ccccc2)N1c1ccccc1. The van der Waals surface area contributed by atoms with Crippen molar-refractivity contribution in [1.29, 1.82) is 0 Å². The van der Waals surface area contributed by atoms with E-state index < -0.39 is 0 Å². The largest absolute Gasteiger partial charge is 0.309 e. The average Bonchev–Trinajstić information content (AvgIpc) is 3.07. The van der Waals surface area contributed by atoms with Crippen LogP contribution in [-0.2, 0) is 4.79 Å². The normalized spacial score (nSPS) is 28.1. The van der Waals surface area contributed by atoms with E-state index in [2.05, 4.69) is 24.3 Å². The third-order valence-corrected chi connectivity index (χ3v) is 4.72. The third kappa shape index (κ3) is 1.68. The molecule has 2 aromatic rings. The Labute approximate surface area is 119 Å². The Morgan fingerprint density at radius 3 is 2.05 bits per heavy atom. The molecule has 0 unspecified atom stereocenters. The van der Waals surface area contributed by atoms with Crippen LogP contribution in [0, 0.1) is 5.92 Å². The van der Waals surface area contributed by atoms with Gasteiger partial charge in [-0.2, -0.15) is 0 Å². The van der Waals surface area contributed by atoms with Crippen molar-refractivity contribution < 1.29 is 4.79 Å². The van der Waals surface area contributed by atoms with Crippen LogP contribution in [0.25, 0.3) is 0 Å². The van der Waals surface area contributed by atoms with E-state index in [9.17, 15) is 4.79 Å². The Morgan fingerprint density at radius 2 is 1.40 bits per heavy atom. The molecule has 0 N–H and O–H groups in total. The fourth-order valence-corrected chi connectivity index (χ4v) is 3.85. The van der Waals surface area contributed by atoms with Crippen LogP contribution in [-0.4, -0.2) is 11.9 Å². The number of hydrogen-bond donors (Lipinski definition) is 0. The van der Waals surface area contributed by atoms with Gasteiger partial charge in [-0.15, -0.1) is 0 Å². The number of fused-ring (bicyclic) bond motifs is 2. The first kappa shape index (κ1) is 11.7. The average molecular weight is 263 g/mol. The predicted octanol–water partition coefficient (Wildman–Crippen LogP) is 3.60. The van der Waals surface area contributed by atoms with Gasteiger partial charge in [0.1, 0.15) is 0 Å². The predicted molar refractivity (Wildman–Crippen MR) is 79.6 cm³/mol. The maximum absolute atomic E-state index is 12.7. The van der Waals surface area contributed by atoms with Crippen molar-refractivity contribution in [3.63, 3.8) is 0 Å². The van der Waals surface area contributed by atoms with Gasteiger partial charge in [-0.25, -0.2) is 0 Å². The molecule has 2 fully saturated rings. The number of para-hydroxylation sites is 1. The first-order valence-corrected chi connectivity index (χ1v) is 7.27. The van der Waals surface area contributed by atoms with Crippen LogP contribution >= 0.6 is 0 Å². The number of carbonyl (C=O) groups excluding carboxylic acids is 1. The molecule has 1 saturated heterocycles. The lowest BCUT2D eigenvalue weighted by Crippen LogP contribution is -2.39. The molecule has 100 valence electrons. The van der Waals surface area contributed by atoms with Crippen LogP contribution in [0.15, 0.2) is 60.7 Å². The van der Waals surface area contributed by atoms with Crippen molar-refractivity contribution >= 4 is 11.6 Å². The number of amides is 1. The highest BCUT2D eigenvalue weighted by atomic mass is 16.2. The number of benzene rings is 2. The number of hydrogen-bond acceptors (Lipinski definition) is 1. The van der Waals surface area contributed by atoms with Crippen molar-refractivity contribution in [3.05, 3.63) is 66.2 Å². The van der Waals surface area contributed by atoms with E-state index in [-0.39, 0.29) is 5.92 Å². The summed E-state index contributed by atoms with van der Waals surface area (Å²) in [5.41, 5.74) is 2.37. The van der Waals surface area contributed by atoms with Crippen molar-refractivity contribution in [3.8, 4) is 0 Å². The molecule has 3 atom stereocenters. The Morgan fingerprint density at radius 1 is 0.800 bits per heavy atom. The lowest BCUT2D eigenvalue weighted by atomic mass is 9.87. The molecule has 1 aliphatic carbocycles. The van der Waals surface area contributed by atoms with E-state index in [1.54, 1.807) is 0 Å². The summed E-state index contributed by atoms with van der Waals surface area (Å²) in [6.07, 6.45) is 2.10. The van der Waals surface area contributed by atoms with Crippen molar-refractivity contribution in [1.82, 2.24) is 0 Å². The lowest BCUT2D eigenvalue weighted by molar-refractivity contribution is -0.121. The van der Waals surface area contributed by atoms with Crippen LogP contribution in [0.5, 0.6) is 0 Å². The van der Waals surface area contributed by atoms with E-state index in [0.29, 0.717) is 17.9 Å². The quantitative estimate of drug-likeness (QED) is 0.810. The van der Waals surface area contributed by atoms with Crippen LogP contribution < -0.4 is 4.90 Å². The van der Waals surface area contributed by atoms with Gasteiger partial charge in [0.25, 0.3) is 0 Å². The molecule has 1 amide bonds. The van der Waals surface area contributed by atoms with Gasteiger partial charge in [0.05, 0.1) is 0 Å². The second-order valence-corrected chi connectivity index (χ2v) is 5.79. The highest BCUT2D eigenvalue weighted by Gasteiger charge is 2.51. The number of rotatable bonds is 2. The molecule has 20 heavy (non-hydrogen) atoms. The van der Waals surface area contributed by atoms with Gasteiger partial charge in [-0.1, -0.05) is 48.5 Å². The molecule has 1 aliphatic heterocycles. The molecule has 1 saturated carbocycles. The summed E-state index contributed by atoms with van der Waals surface area (Å²) in [5.74, 6) is 0.887. The Kier molecular flexibility index (Phi) is 2.62. The molecule has 2 heteroatoms. The maximum Gasteiger partial charge on any atom is 0.231 e. The first-order chi connectivity index (χ1) is 9.84. The maximum atomic E-state index is 12.7. The monoisotopic (exact) mass is 263 g/mol. The summed E-state index contributed by atoms with van der Waals surface area (Å²) in [6.45, 7) is 0. The van der Waals surface area contributed by atoms with Crippen molar-refractivity contribution in [2.24, 2.45) is 5.92 Å². The lowest BCUT2D eigenvalue weighted by Gasteiger charge is -2.31. The van der Waals surface area contributed by atoms with Crippen molar-refractivity contribution in [2.45, 2.75) is 24.8 Å². The molecule has 2 aromatic carbocycles. The topological polar surface area (TPSA) is 20.3 Å². The van der Waals surface area contributed by atoms with Gasteiger partial charge >= 0.3 is 0 Å². The highest BCUT2D eigenvalue weighted by molar-refractivity contribution is 5.99. The van der Waals surface area contributed by atoms with E-state index in [1.165, 1.54) is 5.56 Å². The molecular formula is C18H17NO. The van der Waals surface area contributed by atoms with E-state index in [0.717, 1.165) is 18.5 Å². The molecule has 0 radical (unpaired) electrons. The smallest absolute Gasteiger partial charge is 0.231 e. The molecule has 0 aromatic heterocycles. The second kappa shape index (κ2) is 4.48. The Bertz CT molecular complexity index is 622. The minimum atomic E-state index is 0.169. The van der Waals surface area contributed by atoms with Crippen molar-refractivity contribution in [2.75, 3.05) is 4.90 Å². The molecule has 1 heterocycles. The summed E-state index contributed by atoms with van der Waals surface area (Å²) in [4.78, 5) is 14.7. The number of anilines is 1. The standard InChI is InChI=1S/C18H17NO/c20-18-17-12-15(19(18)14-9-5-2-6-10-14)11-16(17)13-7-3-1-4-8-13/h1-10,15-17H,11-12H2/t15-,16+,17-/m1/s1. The first-order valence-electron chi connectivity index (χ1n) is 7.27. The van der Waals surface area contributed by atoms with Gasteiger partial charge in [0, 0.05) is 17.6 Å². The summed E-state index contributed by atoms with van der Waals surface area (Å²) in [6, 6.07) is 20.9. The summed E-state index contributed by atoms with van der Waals surface area (Å²) >= 11 is 0. The fraction of sp³-hybridized carbons (Fsp3) is 0.278. The minimum Gasteiger partial charge on any atom is -0.309 e. The van der Waals surface area contributed by atoms with Gasteiger partial charge in [-0.05, 0) is 36.5 Å². The Hall–Kier alpha value is -2.09.